The van der Waals surface area contributed by atoms with E-state index in [-0.39, 0.29) is 5.41 Å². The summed E-state index contributed by atoms with van der Waals surface area (Å²) in [6.45, 7) is 4.75. The molecule has 5 aromatic carbocycles. The van der Waals surface area contributed by atoms with Gasteiger partial charge in [-0.25, -0.2) is 0 Å². The molecule has 0 heteroatoms. The van der Waals surface area contributed by atoms with Gasteiger partial charge in [0.1, 0.15) is 0 Å². The van der Waals surface area contributed by atoms with Gasteiger partial charge in [0.25, 0.3) is 0 Å². The molecule has 5 aromatic rings. The lowest BCUT2D eigenvalue weighted by Gasteiger charge is -2.25. The van der Waals surface area contributed by atoms with Gasteiger partial charge in [-0.3, -0.25) is 0 Å². The molecule has 0 unspecified atom stereocenters. The lowest BCUT2D eigenvalue weighted by atomic mass is 9.78. The van der Waals surface area contributed by atoms with Crippen molar-refractivity contribution in [2.75, 3.05) is 0 Å². The van der Waals surface area contributed by atoms with Crippen molar-refractivity contribution in [2.24, 2.45) is 0 Å². The Kier molecular flexibility index (Phi) is 3.32. The van der Waals surface area contributed by atoms with Crippen molar-refractivity contribution in [1.82, 2.24) is 0 Å². The first-order chi connectivity index (χ1) is 14.1. The van der Waals surface area contributed by atoms with E-state index in [0.717, 1.165) is 0 Å². The SMILES string of the molecule is CC1(C)c2cc3c(ccc4ccccc43)cc2-c2cccc(-c3ccccc3)c21. The van der Waals surface area contributed by atoms with Crippen molar-refractivity contribution in [1.29, 1.82) is 0 Å². The summed E-state index contributed by atoms with van der Waals surface area (Å²) in [6.07, 6.45) is 0. The minimum absolute atomic E-state index is 0.0394. The molecule has 138 valence electrons. The zero-order valence-electron chi connectivity index (χ0n) is 16.7. The van der Waals surface area contributed by atoms with Crippen LogP contribution in [0.15, 0.2) is 97.1 Å². The van der Waals surface area contributed by atoms with Crippen molar-refractivity contribution in [3.63, 3.8) is 0 Å². The van der Waals surface area contributed by atoms with Gasteiger partial charge in [0, 0.05) is 5.41 Å². The Morgan fingerprint density at radius 1 is 0.517 bits per heavy atom. The molecule has 1 aliphatic rings. The van der Waals surface area contributed by atoms with E-state index in [1.807, 2.05) is 0 Å². The summed E-state index contributed by atoms with van der Waals surface area (Å²) in [5.41, 5.74) is 8.23. The fourth-order valence-corrected chi connectivity index (χ4v) is 5.24. The molecular weight excluding hydrogens is 348 g/mol. The molecule has 0 saturated heterocycles. The van der Waals surface area contributed by atoms with E-state index in [4.69, 9.17) is 0 Å². The maximum absolute atomic E-state index is 2.45. The molecular formula is C29H22. The molecule has 1 aliphatic carbocycles. The van der Waals surface area contributed by atoms with Crippen LogP contribution in [0.5, 0.6) is 0 Å². The van der Waals surface area contributed by atoms with Crippen LogP contribution in [0.4, 0.5) is 0 Å². The van der Waals surface area contributed by atoms with Crippen LogP contribution in [0, 0.1) is 0 Å². The van der Waals surface area contributed by atoms with Crippen molar-refractivity contribution in [2.45, 2.75) is 19.3 Å². The second-order valence-electron chi connectivity index (χ2n) is 8.62. The molecule has 0 heterocycles. The molecule has 0 N–H and O–H groups in total. The fourth-order valence-electron chi connectivity index (χ4n) is 5.24. The largest absolute Gasteiger partial charge is 0.0622 e. The topological polar surface area (TPSA) is 0 Å². The fraction of sp³-hybridized carbons (Fsp3) is 0.103. The maximum Gasteiger partial charge on any atom is 0.0165 e. The molecule has 0 radical (unpaired) electrons. The first kappa shape index (κ1) is 16.6. The molecule has 0 spiro atoms. The number of benzene rings is 5. The summed E-state index contributed by atoms with van der Waals surface area (Å²) in [7, 11) is 0. The number of hydrogen-bond donors (Lipinski definition) is 0. The van der Waals surface area contributed by atoms with E-state index in [1.165, 1.54) is 54.9 Å². The van der Waals surface area contributed by atoms with Gasteiger partial charge in [-0.15, -0.1) is 0 Å². The van der Waals surface area contributed by atoms with Gasteiger partial charge in [-0.2, -0.15) is 0 Å². The minimum atomic E-state index is -0.0394. The summed E-state index contributed by atoms with van der Waals surface area (Å²) in [5, 5.41) is 5.31. The highest BCUT2D eigenvalue weighted by atomic mass is 14.4. The van der Waals surface area contributed by atoms with Crippen molar-refractivity contribution in [3.8, 4) is 22.3 Å². The van der Waals surface area contributed by atoms with E-state index >= 15 is 0 Å². The predicted molar refractivity (Wildman–Crippen MR) is 124 cm³/mol. The van der Waals surface area contributed by atoms with Crippen molar-refractivity contribution >= 4 is 21.5 Å². The Labute approximate surface area is 171 Å². The lowest BCUT2D eigenvalue weighted by molar-refractivity contribution is 0.663. The highest BCUT2D eigenvalue weighted by molar-refractivity contribution is 6.10. The summed E-state index contributed by atoms with van der Waals surface area (Å²) < 4.78 is 0. The van der Waals surface area contributed by atoms with E-state index in [0.29, 0.717) is 0 Å². The third-order valence-electron chi connectivity index (χ3n) is 6.62. The highest BCUT2D eigenvalue weighted by Gasteiger charge is 2.37. The average Bonchev–Trinajstić information content (AvgIpc) is 3.00. The van der Waals surface area contributed by atoms with Crippen LogP contribution < -0.4 is 0 Å². The Hall–Kier alpha value is -3.38. The van der Waals surface area contributed by atoms with Crippen LogP contribution >= 0.6 is 0 Å². The standard InChI is InChI=1S/C29H22/c1-29(2)27-18-25-21(16-15-20-11-6-7-12-22(20)25)17-26(27)24-14-8-13-23(28(24)29)19-9-4-3-5-10-19/h3-18H,1-2H3. The molecule has 0 aliphatic heterocycles. The first-order valence-corrected chi connectivity index (χ1v) is 10.3. The van der Waals surface area contributed by atoms with E-state index in [9.17, 15) is 0 Å². The van der Waals surface area contributed by atoms with E-state index < -0.39 is 0 Å². The molecule has 0 nitrogen and oxygen atoms in total. The molecule has 0 fully saturated rings. The van der Waals surface area contributed by atoms with Gasteiger partial charge < -0.3 is 0 Å². The average molecular weight is 370 g/mol. The summed E-state index contributed by atoms with van der Waals surface area (Å²) in [4.78, 5) is 0. The molecule has 0 atom stereocenters. The van der Waals surface area contributed by atoms with Crippen LogP contribution in [0.3, 0.4) is 0 Å². The van der Waals surface area contributed by atoms with Gasteiger partial charge in [0.05, 0.1) is 0 Å². The second kappa shape index (κ2) is 5.81. The molecule has 0 bridgehead atoms. The van der Waals surface area contributed by atoms with Gasteiger partial charge in [-0.05, 0) is 67.1 Å². The second-order valence-corrected chi connectivity index (χ2v) is 8.62. The van der Waals surface area contributed by atoms with Gasteiger partial charge in [0.2, 0.25) is 0 Å². The Bertz CT molecular complexity index is 1400. The van der Waals surface area contributed by atoms with Crippen molar-refractivity contribution < 1.29 is 0 Å². The van der Waals surface area contributed by atoms with Crippen LogP contribution in [0.25, 0.3) is 43.8 Å². The molecule has 6 rings (SSSR count). The van der Waals surface area contributed by atoms with Crippen molar-refractivity contribution in [3.05, 3.63) is 108 Å². The zero-order chi connectivity index (χ0) is 19.6. The molecule has 0 amide bonds. The highest BCUT2D eigenvalue weighted by Crippen LogP contribution is 2.53. The van der Waals surface area contributed by atoms with Crippen LogP contribution in [0.2, 0.25) is 0 Å². The van der Waals surface area contributed by atoms with Crippen LogP contribution in [-0.4, -0.2) is 0 Å². The molecule has 0 saturated carbocycles. The Morgan fingerprint density at radius 2 is 1.24 bits per heavy atom. The van der Waals surface area contributed by atoms with E-state index in [2.05, 4.69) is 111 Å². The summed E-state index contributed by atoms with van der Waals surface area (Å²) in [5.74, 6) is 0. The molecule has 0 aromatic heterocycles. The number of hydrogen-bond acceptors (Lipinski definition) is 0. The number of fused-ring (bicyclic) bond motifs is 6. The summed E-state index contributed by atoms with van der Waals surface area (Å²) >= 11 is 0. The first-order valence-electron chi connectivity index (χ1n) is 10.3. The third-order valence-corrected chi connectivity index (χ3v) is 6.62. The Balaban J connectivity index is 1.69. The predicted octanol–water partition coefficient (Wildman–Crippen LogP) is 7.97. The third kappa shape index (κ3) is 2.26. The smallest absolute Gasteiger partial charge is 0.0165 e. The minimum Gasteiger partial charge on any atom is -0.0622 e. The van der Waals surface area contributed by atoms with Crippen LogP contribution in [0.1, 0.15) is 25.0 Å². The maximum atomic E-state index is 2.45. The van der Waals surface area contributed by atoms with Gasteiger partial charge in [-0.1, -0.05) is 98.8 Å². The molecule has 29 heavy (non-hydrogen) atoms. The monoisotopic (exact) mass is 370 g/mol. The normalized spacial score (nSPS) is 14.1. The van der Waals surface area contributed by atoms with Crippen LogP contribution in [-0.2, 0) is 5.41 Å². The summed E-state index contributed by atoms with van der Waals surface area (Å²) in [6, 6.07) is 35.6. The number of rotatable bonds is 1. The lowest BCUT2D eigenvalue weighted by Crippen LogP contribution is -2.16. The van der Waals surface area contributed by atoms with E-state index in [1.54, 1.807) is 0 Å². The van der Waals surface area contributed by atoms with Gasteiger partial charge in [0.15, 0.2) is 0 Å². The van der Waals surface area contributed by atoms with Gasteiger partial charge >= 0.3 is 0 Å². The quantitative estimate of drug-likeness (QED) is 0.262. The zero-order valence-corrected chi connectivity index (χ0v) is 16.7. The Morgan fingerprint density at radius 3 is 2.10 bits per heavy atom.